The Labute approximate surface area is 123 Å². The average molecular weight is 312 g/mol. The summed E-state index contributed by atoms with van der Waals surface area (Å²) < 4.78 is 40.3. The third-order valence-corrected chi connectivity index (χ3v) is 4.95. The van der Waals surface area contributed by atoms with Gasteiger partial charge in [-0.1, -0.05) is 0 Å². The minimum Gasteiger partial charge on any atom is -0.393 e. The van der Waals surface area contributed by atoms with Crippen LogP contribution in [0.5, 0.6) is 0 Å². The quantitative estimate of drug-likeness (QED) is 0.880. The van der Waals surface area contributed by atoms with Crippen molar-refractivity contribution in [3.05, 3.63) is 35.1 Å². The lowest BCUT2D eigenvalue weighted by Gasteiger charge is -2.26. The number of aliphatic hydroxyl groups is 1. The molecule has 1 aliphatic rings. The van der Waals surface area contributed by atoms with Crippen molar-refractivity contribution in [1.82, 2.24) is 4.72 Å². The summed E-state index contributed by atoms with van der Waals surface area (Å²) in [6.07, 6.45) is 1.90. The van der Waals surface area contributed by atoms with Gasteiger partial charge in [0, 0.05) is 11.6 Å². The van der Waals surface area contributed by atoms with Crippen molar-refractivity contribution >= 4 is 10.0 Å². The fourth-order valence-corrected chi connectivity index (χ4v) is 3.91. The number of aliphatic hydroxyl groups excluding tert-OH is 1. The molecule has 1 aliphatic carbocycles. The molecule has 5 nitrogen and oxygen atoms in total. The average Bonchev–Trinajstić information content (AvgIpc) is 2.43. The van der Waals surface area contributed by atoms with Gasteiger partial charge in [-0.15, -0.1) is 0 Å². The molecule has 1 aromatic rings. The van der Waals surface area contributed by atoms with Crippen LogP contribution in [-0.4, -0.2) is 25.7 Å². The highest BCUT2D eigenvalue weighted by Crippen LogP contribution is 2.20. The zero-order valence-corrected chi connectivity index (χ0v) is 12.2. The summed E-state index contributed by atoms with van der Waals surface area (Å²) in [7, 11) is -3.68. The highest BCUT2D eigenvalue weighted by atomic mass is 32.2. The minimum absolute atomic E-state index is 0.0163. The highest BCUT2D eigenvalue weighted by molar-refractivity contribution is 7.88. The predicted molar refractivity (Wildman–Crippen MR) is 75.1 cm³/mol. The van der Waals surface area contributed by atoms with Crippen molar-refractivity contribution in [2.75, 3.05) is 0 Å². The standard InChI is InChI=1S/C14H17FN2O3S/c15-14-6-1-10(8-16)7-11(14)9-21(19,20)17-12-2-4-13(18)5-3-12/h1,6-7,12-13,17-18H,2-5,9H2. The molecule has 0 amide bonds. The second-order valence-corrected chi connectivity index (χ2v) is 7.05. The third-order valence-electron chi connectivity index (χ3n) is 3.56. The van der Waals surface area contributed by atoms with Gasteiger partial charge < -0.3 is 5.11 Å². The van der Waals surface area contributed by atoms with Gasteiger partial charge in [0.2, 0.25) is 10.0 Å². The van der Waals surface area contributed by atoms with E-state index >= 15 is 0 Å². The van der Waals surface area contributed by atoms with Crippen LogP contribution in [-0.2, 0) is 15.8 Å². The van der Waals surface area contributed by atoms with Crippen molar-refractivity contribution in [2.45, 2.75) is 43.6 Å². The first-order valence-electron chi connectivity index (χ1n) is 6.76. The van der Waals surface area contributed by atoms with E-state index in [0.717, 1.165) is 6.07 Å². The van der Waals surface area contributed by atoms with E-state index in [0.29, 0.717) is 25.7 Å². The Balaban J connectivity index is 2.06. The molecule has 0 radical (unpaired) electrons. The summed E-state index contributed by atoms with van der Waals surface area (Å²) in [5.74, 6) is -1.13. The number of hydrogen-bond acceptors (Lipinski definition) is 4. The molecule has 114 valence electrons. The molecular formula is C14H17FN2O3S. The number of nitrogens with zero attached hydrogens (tertiary/aromatic N) is 1. The van der Waals surface area contributed by atoms with Crippen molar-refractivity contribution in [3.8, 4) is 6.07 Å². The van der Waals surface area contributed by atoms with Crippen molar-refractivity contribution in [3.63, 3.8) is 0 Å². The van der Waals surface area contributed by atoms with Crippen LogP contribution in [0.1, 0.15) is 36.8 Å². The Hall–Kier alpha value is -1.49. The number of nitriles is 1. The van der Waals surface area contributed by atoms with E-state index in [1.807, 2.05) is 6.07 Å². The van der Waals surface area contributed by atoms with Crippen LogP contribution in [0.2, 0.25) is 0 Å². The molecule has 2 rings (SSSR count). The van der Waals surface area contributed by atoms with Crippen LogP contribution in [0.15, 0.2) is 18.2 Å². The van der Waals surface area contributed by atoms with Crippen molar-refractivity contribution in [2.24, 2.45) is 0 Å². The molecular weight excluding hydrogens is 295 g/mol. The van der Waals surface area contributed by atoms with Gasteiger partial charge in [0.15, 0.2) is 0 Å². The summed E-state index contributed by atoms with van der Waals surface area (Å²) >= 11 is 0. The normalized spacial score (nSPS) is 22.7. The van der Waals surface area contributed by atoms with E-state index < -0.39 is 21.6 Å². The van der Waals surface area contributed by atoms with Gasteiger partial charge in [-0.2, -0.15) is 5.26 Å². The predicted octanol–water partition coefficient (Wildman–Crippen LogP) is 1.42. The van der Waals surface area contributed by atoms with Crippen LogP contribution in [0, 0.1) is 17.1 Å². The van der Waals surface area contributed by atoms with Crippen LogP contribution in [0.4, 0.5) is 4.39 Å². The maximum absolute atomic E-state index is 13.6. The van der Waals surface area contributed by atoms with Crippen LogP contribution < -0.4 is 4.72 Å². The second kappa shape index (κ2) is 6.52. The first-order chi connectivity index (χ1) is 9.89. The van der Waals surface area contributed by atoms with Crippen molar-refractivity contribution in [1.29, 1.82) is 5.26 Å². The topological polar surface area (TPSA) is 90.2 Å². The van der Waals surface area contributed by atoms with E-state index in [9.17, 15) is 17.9 Å². The molecule has 0 atom stereocenters. The molecule has 7 heteroatoms. The summed E-state index contributed by atoms with van der Waals surface area (Å²) in [4.78, 5) is 0. The first kappa shape index (κ1) is 15.9. The zero-order chi connectivity index (χ0) is 15.5. The van der Waals surface area contributed by atoms with Gasteiger partial charge in [0.1, 0.15) is 5.82 Å². The summed E-state index contributed by atoms with van der Waals surface area (Å²) in [6, 6.07) is 5.29. The molecule has 0 aromatic heterocycles. The molecule has 1 aromatic carbocycles. The number of sulfonamides is 1. The van der Waals surface area contributed by atoms with E-state index in [1.165, 1.54) is 12.1 Å². The van der Waals surface area contributed by atoms with Crippen LogP contribution >= 0.6 is 0 Å². The van der Waals surface area contributed by atoms with Gasteiger partial charge in [0.25, 0.3) is 0 Å². The fourth-order valence-electron chi connectivity index (χ4n) is 2.45. The van der Waals surface area contributed by atoms with Gasteiger partial charge in [-0.3, -0.25) is 0 Å². The highest BCUT2D eigenvalue weighted by Gasteiger charge is 2.24. The van der Waals surface area contributed by atoms with E-state index in [-0.39, 0.29) is 23.3 Å². The SMILES string of the molecule is N#Cc1ccc(F)c(CS(=O)(=O)NC2CCC(O)CC2)c1. The van der Waals surface area contributed by atoms with Crippen LogP contribution in [0.3, 0.4) is 0 Å². The number of benzene rings is 1. The molecule has 0 bridgehead atoms. The smallest absolute Gasteiger partial charge is 0.216 e. The van der Waals surface area contributed by atoms with Crippen molar-refractivity contribution < 1.29 is 17.9 Å². The Morgan fingerprint density at radius 3 is 2.62 bits per heavy atom. The third kappa shape index (κ3) is 4.49. The lowest BCUT2D eigenvalue weighted by molar-refractivity contribution is 0.120. The number of rotatable bonds is 4. The number of nitrogens with one attached hydrogen (secondary N) is 1. The Morgan fingerprint density at radius 1 is 1.33 bits per heavy atom. The Kier molecular flexibility index (Phi) is 4.93. The van der Waals surface area contributed by atoms with E-state index in [1.54, 1.807) is 0 Å². The molecule has 21 heavy (non-hydrogen) atoms. The summed E-state index contributed by atoms with van der Waals surface area (Å²) in [5, 5.41) is 18.2. The Bertz CT molecular complexity index is 647. The molecule has 0 heterocycles. The number of halogens is 1. The molecule has 0 saturated heterocycles. The molecule has 0 unspecified atom stereocenters. The molecule has 0 spiro atoms. The lowest BCUT2D eigenvalue weighted by Crippen LogP contribution is -2.39. The maximum Gasteiger partial charge on any atom is 0.216 e. The van der Waals surface area contributed by atoms with E-state index in [4.69, 9.17) is 5.26 Å². The molecule has 0 aliphatic heterocycles. The van der Waals surface area contributed by atoms with E-state index in [2.05, 4.69) is 4.72 Å². The summed E-state index contributed by atoms with van der Waals surface area (Å²) in [5.41, 5.74) is 0.208. The molecule has 1 saturated carbocycles. The zero-order valence-electron chi connectivity index (χ0n) is 11.4. The molecule has 1 fully saturated rings. The first-order valence-corrected chi connectivity index (χ1v) is 8.41. The Morgan fingerprint density at radius 2 is 2.00 bits per heavy atom. The largest absolute Gasteiger partial charge is 0.393 e. The second-order valence-electron chi connectivity index (χ2n) is 5.30. The number of hydrogen-bond donors (Lipinski definition) is 2. The lowest BCUT2D eigenvalue weighted by atomic mass is 9.94. The summed E-state index contributed by atoms with van der Waals surface area (Å²) in [6.45, 7) is 0. The monoisotopic (exact) mass is 312 g/mol. The minimum atomic E-state index is -3.68. The van der Waals surface area contributed by atoms with Gasteiger partial charge in [-0.25, -0.2) is 17.5 Å². The van der Waals surface area contributed by atoms with Gasteiger partial charge in [0.05, 0.1) is 23.5 Å². The van der Waals surface area contributed by atoms with Crippen LogP contribution in [0.25, 0.3) is 0 Å². The van der Waals surface area contributed by atoms with Gasteiger partial charge >= 0.3 is 0 Å². The fraction of sp³-hybridized carbons (Fsp3) is 0.500. The molecule has 2 N–H and O–H groups in total. The maximum atomic E-state index is 13.6. The van der Waals surface area contributed by atoms with Gasteiger partial charge in [-0.05, 0) is 43.9 Å².